The molecule has 0 heterocycles. The third-order valence-corrected chi connectivity index (χ3v) is 1.29. The van der Waals surface area contributed by atoms with Gasteiger partial charge in [0.25, 0.3) is 0 Å². The number of hydrogen-bond acceptors (Lipinski definition) is 3. The molecule has 2 amide bonds. The lowest BCUT2D eigenvalue weighted by molar-refractivity contribution is -0.143. The first-order valence-electron chi connectivity index (χ1n) is 3.92. The SMILES string of the molecule is C=CCN(CC(=O)OCC)C(N)=O. The molecule has 0 bridgehead atoms. The lowest BCUT2D eigenvalue weighted by atomic mass is 10.5. The summed E-state index contributed by atoms with van der Waals surface area (Å²) >= 11 is 0. The molecule has 5 nitrogen and oxygen atoms in total. The Morgan fingerprint density at radius 1 is 1.62 bits per heavy atom. The molecule has 0 saturated heterocycles. The summed E-state index contributed by atoms with van der Waals surface area (Å²) in [6.07, 6.45) is 1.49. The largest absolute Gasteiger partial charge is 0.465 e. The summed E-state index contributed by atoms with van der Waals surface area (Å²) in [5.74, 6) is -0.469. The van der Waals surface area contributed by atoms with Crippen LogP contribution in [-0.4, -0.2) is 36.6 Å². The van der Waals surface area contributed by atoms with Crippen LogP contribution in [0.3, 0.4) is 0 Å². The monoisotopic (exact) mass is 186 g/mol. The van der Waals surface area contributed by atoms with Crippen LogP contribution >= 0.6 is 0 Å². The summed E-state index contributed by atoms with van der Waals surface area (Å²) in [5, 5.41) is 0. The quantitative estimate of drug-likeness (QED) is 0.489. The Morgan fingerprint density at radius 3 is 2.62 bits per heavy atom. The minimum absolute atomic E-state index is 0.130. The van der Waals surface area contributed by atoms with Crippen LogP contribution in [0.1, 0.15) is 6.92 Å². The highest BCUT2D eigenvalue weighted by Crippen LogP contribution is 1.90. The van der Waals surface area contributed by atoms with Crippen LogP contribution in [0.5, 0.6) is 0 Å². The van der Waals surface area contributed by atoms with E-state index in [1.807, 2.05) is 0 Å². The molecule has 0 aromatic rings. The number of rotatable bonds is 5. The van der Waals surface area contributed by atoms with E-state index >= 15 is 0 Å². The molecule has 0 saturated carbocycles. The van der Waals surface area contributed by atoms with Crippen LogP contribution in [0.4, 0.5) is 4.79 Å². The number of carbonyl (C=O) groups is 2. The van der Waals surface area contributed by atoms with E-state index in [1.165, 1.54) is 6.08 Å². The van der Waals surface area contributed by atoms with E-state index in [2.05, 4.69) is 11.3 Å². The summed E-state index contributed by atoms with van der Waals surface area (Å²) in [4.78, 5) is 22.8. The maximum absolute atomic E-state index is 10.9. The molecule has 13 heavy (non-hydrogen) atoms. The molecule has 0 aliphatic rings. The predicted octanol–water partition coefficient (Wildman–Crippen LogP) is 0.116. The normalized spacial score (nSPS) is 9.00. The van der Waals surface area contributed by atoms with Crippen molar-refractivity contribution in [3.05, 3.63) is 12.7 Å². The number of hydrogen-bond donors (Lipinski definition) is 1. The van der Waals surface area contributed by atoms with Gasteiger partial charge in [0.1, 0.15) is 6.54 Å². The van der Waals surface area contributed by atoms with E-state index in [0.717, 1.165) is 4.90 Å². The molecule has 0 aromatic carbocycles. The second-order valence-corrected chi connectivity index (χ2v) is 2.31. The van der Waals surface area contributed by atoms with Crippen molar-refractivity contribution in [3.8, 4) is 0 Å². The first-order valence-corrected chi connectivity index (χ1v) is 3.92. The Bertz CT molecular complexity index is 204. The van der Waals surface area contributed by atoms with Gasteiger partial charge in [-0.3, -0.25) is 4.79 Å². The fourth-order valence-corrected chi connectivity index (χ4v) is 0.751. The van der Waals surface area contributed by atoms with Crippen LogP contribution in [0, 0.1) is 0 Å². The zero-order valence-electron chi connectivity index (χ0n) is 7.66. The number of ether oxygens (including phenoxy) is 1. The van der Waals surface area contributed by atoms with Gasteiger partial charge >= 0.3 is 12.0 Å². The van der Waals surface area contributed by atoms with Gasteiger partial charge in [-0.15, -0.1) is 6.58 Å². The Morgan fingerprint density at radius 2 is 2.23 bits per heavy atom. The fraction of sp³-hybridized carbons (Fsp3) is 0.500. The Kier molecular flexibility index (Phi) is 5.34. The summed E-state index contributed by atoms with van der Waals surface area (Å²) in [5.41, 5.74) is 5.00. The van der Waals surface area contributed by atoms with Crippen LogP contribution in [0.15, 0.2) is 12.7 Å². The average Bonchev–Trinajstić information content (AvgIpc) is 2.04. The summed E-state index contributed by atoms with van der Waals surface area (Å²) < 4.78 is 4.65. The van der Waals surface area contributed by atoms with Crippen molar-refractivity contribution in [2.24, 2.45) is 5.73 Å². The maximum Gasteiger partial charge on any atom is 0.325 e. The highest BCUT2D eigenvalue weighted by molar-refractivity contribution is 5.80. The number of urea groups is 1. The molecule has 0 rings (SSSR count). The topological polar surface area (TPSA) is 72.6 Å². The molecule has 0 radical (unpaired) electrons. The molecule has 0 atom stereocenters. The highest BCUT2D eigenvalue weighted by Gasteiger charge is 2.12. The summed E-state index contributed by atoms with van der Waals surface area (Å²) in [6, 6.07) is -0.659. The highest BCUT2D eigenvalue weighted by atomic mass is 16.5. The van der Waals surface area contributed by atoms with Crippen LogP contribution < -0.4 is 5.73 Å². The van der Waals surface area contributed by atoms with Crippen LogP contribution in [0.2, 0.25) is 0 Å². The van der Waals surface area contributed by atoms with Crippen molar-refractivity contribution in [3.63, 3.8) is 0 Å². The third kappa shape index (κ3) is 4.84. The van der Waals surface area contributed by atoms with Crippen LogP contribution in [-0.2, 0) is 9.53 Å². The minimum Gasteiger partial charge on any atom is -0.465 e. The van der Waals surface area contributed by atoms with Crippen molar-refractivity contribution in [1.82, 2.24) is 4.90 Å². The summed E-state index contributed by atoms with van der Waals surface area (Å²) in [7, 11) is 0. The van der Waals surface area contributed by atoms with E-state index in [4.69, 9.17) is 5.73 Å². The number of primary amides is 1. The molecular formula is C8H14N2O3. The van der Waals surface area contributed by atoms with Gasteiger partial charge in [-0.05, 0) is 6.92 Å². The molecule has 0 aliphatic heterocycles. The Labute approximate surface area is 77.1 Å². The second-order valence-electron chi connectivity index (χ2n) is 2.31. The first-order chi connectivity index (χ1) is 6.11. The van der Waals surface area contributed by atoms with E-state index in [9.17, 15) is 9.59 Å². The summed E-state index contributed by atoms with van der Waals surface area (Å²) in [6.45, 7) is 5.53. The van der Waals surface area contributed by atoms with Gasteiger partial charge in [-0.1, -0.05) is 6.08 Å². The molecule has 0 unspecified atom stereocenters. The van der Waals surface area contributed by atoms with Gasteiger partial charge in [0.2, 0.25) is 0 Å². The molecule has 5 heteroatoms. The molecule has 0 spiro atoms. The fourth-order valence-electron chi connectivity index (χ4n) is 0.751. The zero-order chi connectivity index (χ0) is 10.3. The first kappa shape index (κ1) is 11.5. The molecule has 2 N–H and O–H groups in total. The van der Waals surface area contributed by atoms with Crippen molar-refractivity contribution in [1.29, 1.82) is 0 Å². The maximum atomic E-state index is 10.9. The van der Waals surface area contributed by atoms with Crippen molar-refractivity contribution in [2.45, 2.75) is 6.92 Å². The Hall–Kier alpha value is -1.52. The number of nitrogens with two attached hydrogens (primary N) is 1. The Balaban J connectivity index is 4.01. The second kappa shape index (κ2) is 6.05. The van der Waals surface area contributed by atoms with Crippen molar-refractivity contribution in [2.75, 3.05) is 19.7 Å². The van der Waals surface area contributed by atoms with Crippen molar-refractivity contribution >= 4 is 12.0 Å². The van der Waals surface area contributed by atoms with E-state index < -0.39 is 12.0 Å². The number of amides is 2. The van der Waals surface area contributed by atoms with Gasteiger partial charge in [0.15, 0.2) is 0 Å². The van der Waals surface area contributed by atoms with E-state index in [1.54, 1.807) is 6.92 Å². The minimum atomic E-state index is -0.659. The standard InChI is InChI=1S/C8H14N2O3/c1-3-5-10(8(9)12)6-7(11)13-4-2/h3H,1,4-6H2,2H3,(H2,9,12). The van der Waals surface area contributed by atoms with Crippen molar-refractivity contribution < 1.29 is 14.3 Å². The molecule has 0 fully saturated rings. The van der Waals surface area contributed by atoms with E-state index in [-0.39, 0.29) is 13.1 Å². The number of esters is 1. The van der Waals surface area contributed by atoms with Gasteiger partial charge < -0.3 is 15.4 Å². The van der Waals surface area contributed by atoms with Crippen LogP contribution in [0.25, 0.3) is 0 Å². The average molecular weight is 186 g/mol. The zero-order valence-corrected chi connectivity index (χ0v) is 7.66. The number of nitrogens with zero attached hydrogens (tertiary/aromatic N) is 1. The van der Waals surface area contributed by atoms with Gasteiger partial charge in [-0.2, -0.15) is 0 Å². The van der Waals surface area contributed by atoms with Gasteiger partial charge in [-0.25, -0.2) is 4.79 Å². The number of carbonyl (C=O) groups excluding carboxylic acids is 2. The lowest BCUT2D eigenvalue weighted by Crippen LogP contribution is -2.40. The molecule has 0 aromatic heterocycles. The predicted molar refractivity (Wildman–Crippen MR) is 48.0 cm³/mol. The van der Waals surface area contributed by atoms with Gasteiger partial charge in [0.05, 0.1) is 6.61 Å². The van der Waals surface area contributed by atoms with E-state index in [0.29, 0.717) is 6.61 Å². The molecule has 74 valence electrons. The molecular weight excluding hydrogens is 172 g/mol. The third-order valence-electron chi connectivity index (χ3n) is 1.29. The van der Waals surface area contributed by atoms with Gasteiger partial charge in [0, 0.05) is 6.54 Å². The smallest absolute Gasteiger partial charge is 0.325 e. The molecule has 0 aliphatic carbocycles. The lowest BCUT2D eigenvalue weighted by Gasteiger charge is -2.16.